The quantitative estimate of drug-likeness (QED) is 0.591. The van der Waals surface area contributed by atoms with Gasteiger partial charge in [-0.15, -0.1) is 0 Å². The first-order valence-corrected chi connectivity index (χ1v) is 4.62. The van der Waals surface area contributed by atoms with Gasteiger partial charge < -0.3 is 4.90 Å². The summed E-state index contributed by atoms with van der Waals surface area (Å²) >= 11 is 0. The summed E-state index contributed by atoms with van der Waals surface area (Å²) in [5, 5.41) is 0. The summed E-state index contributed by atoms with van der Waals surface area (Å²) < 4.78 is 0. The molecule has 1 aromatic carbocycles. The number of hydrogen-bond donors (Lipinski definition) is 0. The summed E-state index contributed by atoms with van der Waals surface area (Å²) in [5.74, 6) is 0. The zero-order chi connectivity index (χ0) is 9.10. The zero-order valence-corrected chi connectivity index (χ0v) is 7.53. The Balaban J connectivity index is 2.18. The van der Waals surface area contributed by atoms with Crippen LogP contribution in [0.4, 0.5) is 11.4 Å². The van der Waals surface area contributed by atoms with Gasteiger partial charge in [0.15, 0.2) is 5.69 Å². The minimum atomic E-state index is 0.725. The van der Waals surface area contributed by atoms with E-state index in [0.29, 0.717) is 0 Å². The normalized spacial score (nSPS) is 15.8. The Morgan fingerprint density at radius 2 is 1.69 bits per heavy atom. The molecule has 0 atom stereocenters. The molecule has 1 aliphatic rings. The van der Waals surface area contributed by atoms with E-state index in [9.17, 15) is 0 Å². The molecule has 1 saturated heterocycles. The third kappa shape index (κ3) is 1.65. The molecule has 0 radical (unpaired) electrons. The first-order chi connectivity index (χ1) is 6.40. The number of hydrogen-bond acceptors (Lipinski definition) is 1. The Kier molecular flexibility index (Phi) is 2.18. The van der Waals surface area contributed by atoms with Crippen LogP contribution >= 0.6 is 0 Å². The standard InChI is InChI=1S/C11H12N2/c1-12-10-4-6-11(7-5-10)13-8-2-3-9-13/h4-7H,2-3,8-9H2. The number of anilines is 1. The Morgan fingerprint density at radius 1 is 1.08 bits per heavy atom. The zero-order valence-electron chi connectivity index (χ0n) is 7.53. The van der Waals surface area contributed by atoms with Gasteiger partial charge in [-0.1, -0.05) is 12.1 Å². The highest BCUT2D eigenvalue weighted by atomic mass is 15.1. The van der Waals surface area contributed by atoms with E-state index >= 15 is 0 Å². The summed E-state index contributed by atoms with van der Waals surface area (Å²) in [6.45, 7) is 9.16. The molecule has 0 aliphatic carbocycles. The van der Waals surface area contributed by atoms with Crippen molar-refractivity contribution in [3.63, 3.8) is 0 Å². The van der Waals surface area contributed by atoms with Crippen LogP contribution in [-0.4, -0.2) is 13.1 Å². The molecule has 2 rings (SSSR count). The third-order valence-electron chi connectivity index (χ3n) is 2.45. The average Bonchev–Trinajstić information content (AvgIpc) is 2.71. The van der Waals surface area contributed by atoms with Crippen molar-refractivity contribution in [3.05, 3.63) is 35.7 Å². The van der Waals surface area contributed by atoms with Crippen LogP contribution in [0.1, 0.15) is 12.8 Å². The second-order valence-electron chi connectivity index (χ2n) is 3.32. The molecule has 0 saturated carbocycles. The molecule has 0 unspecified atom stereocenters. The summed E-state index contributed by atoms with van der Waals surface area (Å²) in [6, 6.07) is 7.86. The Labute approximate surface area is 78.6 Å². The van der Waals surface area contributed by atoms with Crippen LogP contribution in [0.5, 0.6) is 0 Å². The average molecular weight is 172 g/mol. The van der Waals surface area contributed by atoms with Crippen molar-refractivity contribution in [1.29, 1.82) is 0 Å². The van der Waals surface area contributed by atoms with E-state index in [1.54, 1.807) is 0 Å². The highest BCUT2D eigenvalue weighted by molar-refractivity contribution is 5.55. The fourth-order valence-corrected chi connectivity index (χ4v) is 1.71. The van der Waals surface area contributed by atoms with Gasteiger partial charge in [0.1, 0.15) is 0 Å². The van der Waals surface area contributed by atoms with E-state index in [1.807, 2.05) is 24.3 Å². The minimum Gasteiger partial charge on any atom is -0.372 e. The third-order valence-corrected chi connectivity index (χ3v) is 2.45. The van der Waals surface area contributed by atoms with E-state index in [0.717, 1.165) is 18.8 Å². The second-order valence-corrected chi connectivity index (χ2v) is 3.32. The van der Waals surface area contributed by atoms with E-state index in [4.69, 9.17) is 6.57 Å². The maximum atomic E-state index is 6.83. The maximum Gasteiger partial charge on any atom is 0.187 e. The lowest BCUT2D eigenvalue weighted by atomic mass is 10.2. The van der Waals surface area contributed by atoms with Gasteiger partial charge in [-0.3, -0.25) is 0 Å². The van der Waals surface area contributed by atoms with Crippen molar-refractivity contribution >= 4 is 11.4 Å². The van der Waals surface area contributed by atoms with Crippen molar-refractivity contribution in [2.75, 3.05) is 18.0 Å². The molecular weight excluding hydrogens is 160 g/mol. The van der Waals surface area contributed by atoms with Crippen LogP contribution < -0.4 is 4.90 Å². The molecule has 1 fully saturated rings. The van der Waals surface area contributed by atoms with Crippen LogP contribution in [0.2, 0.25) is 0 Å². The molecule has 13 heavy (non-hydrogen) atoms. The molecular formula is C11H12N2. The van der Waals surface area contributed by atoms with Gasteiger partial charge in [-0.05, 0) is 25.0 Å². The largest absolute Gasteiger partial charge is 0.372 e. The Morgan fingerprint density at radius 3 is 2.23 bits per heavy atom. The molecule has 0 spiro atoms. The molecule has 0 N–H and O–H groups in total. The topological polar surface area (TPSA) is 7.60 Å². The van der Waals surface area contributed by atoms with Crippen LogP contribution in [0.15, 0.2) is 24.3 Å². The lowest BCUT2D eigenvalue weighted by Crippen LogP contribution is -2.17. The van der Waals surface area contributed by atoms with Gasteiger partial charge in [0.05, 0.1) is 6.57 Å². The van der Waals surface area contributed by atoms with Crippen molar-refractivity contribution in [3.8, 4) is 0 Å². The Bertz CT molecular complexity index is 315. The number of benzene rings is 1. The summed E-state index contributed by atoms with van der Waals surface area (Å²) in [7, 11) is 0. The number of rotatable bonds is 1. The van der Waals surface area contributed by atoms with Gasteiger partial charge in [-0.2, -0.15) is 0 Å². The van der Waals surface area contributed by atoms with Crippen LogP contribution in [0, 0.1) is 6.57 Å². The fraction of sp³-hybridized carbons (Fsp3) is 0.364. The van der Waals surface area contributed by atoms with E-state index in [2.05, 4.69) is 9.74 Å². The highest BCUT2D eigenvalue weighted by Gasteiger charge is 2.11. The molecule has 66 valence electrons. The minimum absolute atomic E-state index is 0.725. The van der Waals surface area contributed by atoms with Gasteiger partial charge in [0, 0.05) is 18.8 Å². The fourth-order valence-electron chi connectivity index (χ4n) is 1.71. The van der Waals surface area contributed by atoms with Crippen LogP contribution in [-0.2, 0) is 0 Å². The highest BCUT2D eigenvalue weighted by Crippen LogP contribution is 2.22. The second kappa shape index (κ2) is 3.49. The van der Waals surface area contributed by atoms with Crippen molar-refractivity contribution in [2.24, 2.45) is 0 Å². The predicted octanol–water partition coefficient (Wildman–Crippen LogP) is 2.84. The first kappa shape index (κ1) is 8.12. The lowest BCUT2D eigenvalue weighted by molar-refractivity contribution is 0.949. The maximum absolute atomic E-state index is 6.83. The van der Waals surface area contributed by atoms with Gasteiger partial charge in [0.2, 0.25) is 0 Å². The van der Waals surface area contributed by atoms with E-state index in [-0.39, 0.29) is 0 Å². The molecule has 2 heteroatoms. The molecule has 0 aromatic heterocycles. The molecule has 2 nitrogen and oxygen atoms in total. The van der Waals surface area contributed by atoms with Crippen LogP contribution in [0.25, 0.3) is 4.85 Å². The monoisotopic (exact) mass is 172 g/mol. The summed E-state index contributed by atoms with van der Waals surface area (Å²) in [4.78, 5) is 5.74. The molecule has 1 heterocycles. The SMILES string of the molecule is [C-]#[N+]c1ccc(N2CCCC2)cc1. The van der Waals surface area contributed by atoms with Crippen molar-refractivity contribution in [1.82, 2.24) is 0 Å². The van der Waals surface area contributed by atoms with Gasteiger partial charge in [0.25, 0.3) is 0 Å². The Hall–Kier alpha value is -1.49. The van der Waals surface area contributed by atoms with Crippen molar-refractivity contribution in [2.45, 2.75) is 12.8 Å². The van der Waals surface area contributed by atoms with E-state index < -0.39 is 0 Å². The summed E-state index contributed by atoms with van der Waals surface area (Å²) in [5.41, 5.74) is 1.98. The smallest absolute Gasteiger partial charge is 0.187 e. The summed E-state index contributed by atoms with van der Waals surface area (Å²) in [6.07, 6.45) is 2.59. The molecule has 1 aromatic rings. The van der Waals surface area contributed by atoms with Gasteiger partial charge >= 0.3 is 0 Å². The first-order valence-electron chi connectivity index (χ1n) is 4.62. The van der Waals surface area contributed by atoms with E-state index in [1.165, 1.54) is 18.5 Å². The predicted molar refractivity (Wildman–Crippen MR) is 54.2 cm³/mol. The molecule has 0 amide bonds. The van der Waals surface area contributed by atoms with Crippen LogP contribution in [0.3, 0.4) is 0 Å². The lowest BCUT2D eigenvalue weighted by Gasteiger charge is -2.17. The molecule has 1 aliphatic heterocycles. The van der Waals surface area contributed by atoms with Crippen molar-refractivity contribution < 1.29 is 0 Å². The van der Waals surface area contributed by atoms with Gasteiger partial charge in [-0.25, -0.2) is 4.85 Å². The molecule has 0 bridgehead atoms. The number of nitrogens with zero attached hydrogens (tertiary/aromatic N) is 2.